The smallest absolute Gasteiger partial charge is 0.316 e. The van der Waals surface area contributed by atoms with Gasteiger partial charge in [0.25, 0.3) is 0 Å². The van der Waals surface area contributed by atoms with Gasteiger partial charge in [-0.25, -0.2) is 4.79 Å². The molecule has 0 radical (unpaired) electrons. The van der Waals surface area contributed by atoms with Gasteiger partial charge >= 0.3 is 6.03 Å². The van der Waals surface area contributed by atoms with E-state index in [1.54, 1.807) is 0 Å². The summed E-state index contributed by atoms with van der Waals surface area (Å²) in [6.45, 7) is 6.19. The van der Waals surface area contributed by atoms with Gasteiger partial charge in [-0.1, -0.05) is 26.0 Å². The second-order valence-electron chi connectivity index (χ2n) is 4.21. The van der Waals surface area contributed by atoms with Crippen LogP contribution in [0.2, 0.25) is 0 Å². The SMILES string of the molecule is CC(C)CNCc1ccc(NC(N)=O)cc1. The maximum Gasteiger partial charge on any atom is 0.316 e. The third kappa shape index (κ3) is 4.79. The Morgan fingerprint density at radius 1 is 1.31 bits per heavy atom. The molecule has 0 aliphatic carbocycles. The van der Waals surface area contributed by atoms with E-state index < -0.39 is 6.03 Å². The molecule has 0 unspecified atom stereocenters. The molecule has 88 valence electrons. The van der Waals surface area contributed by atoms with E-state index in [0.717, 1.165) is 18.8 Å². The zero-order valence-electron chi connectivity index (χ0n) is 9.79. The van der Waals surface area contributed by atoms with Crippen molar-refractivity contribution in [3.63, 3.8) is 0 Å². The molecule has 16 heavy (non-hydrogen) atoms. The lowest BCUT2D eigenvalue weighted by molar-refractivity contribution is 0.259. The van der Waals surface area contributed by atoms with Gasteiger partial charge in [0.2, 0.25) is 0 Å². The molecule has 4 nitrogen and oxygen atoms in total. The van der Waals surface area contributed by atoms with E-state index >= 15 is 0 Å². The Balaban J connectivity index is 2.42. The number of carbonyl (C=O) groups excluding carboxylic acids is 1. The Labute approximate surface area is 96.2 Å². The normalized spacial score (nSPS) is 10.4. The molecular formula is C12H19N3O. The van der Waals surface area contributed by atoms with E-state index in [9.17, 15) is 4.79 Å². The molecule has 4 heteroatoms. The third-order valence-corrected chi connectivity index (χ3v) is 2.10. The second kappa shape index (κ2) is 6.12. The van der Waals surface area contributed by atoms with Crippen LogP contribution in [0.4, 0.5) is 10.5 Å². The molecule has 1 aromatic carbocycles. The van der Waals surface area contributed by atoms with Crippen molar-refractivity contribution >= 4 is 11.7 Å². The van der Waals surface area contributed by atoms with Gasteiger partial charge in [-0.15, -0.1) is 0 Å². The highest BCUT2D eigenvalue weighted by molar-refractivity contribution is 5.87. The van der Waals surface area contributed by atoms with Crippen LogP contribution < -0.4 is 16.4 Å². The van der Waals surface area contributed by atoms with Crippen molar-refractivity contribution in [2.24, 2.45) is 11.7 Å². The molecule has 0 saturated carbocycles. The van der Waals surface area contributed by atoms with Crippen molar-refractivity contribution in [1.82, 2.24) is 5.32 Å². The van der Waals surface area contributed by atoms with Gasteiger partial charge in [0.1, 0.15) is 0 Å². The second-order valence-corrected chi connectivity index (χ2v) is 4.21. The molecule has 0 atom stereocenters. The van der Waals surface area contributed by atoms with E-state index in [2.05, 4.69) is 24.5 Å². The van der Waals surface area contributed by atoms with Gasteiger partial charge in [0, 0.05) is 12.2 Å². The van der Waals surface area contributed by atoms with Gasteiger partial charge < -0.3 is 16.4 Å². The van der Waals surface area contributed by atoms with E-state index in [1.807, 2.05) is 24.3 Å². The fraction of sp³-hybridized carbons (Fsp3) is 0.417. The minimum atomic E-state index is -0.536. The number of urea groups is 1. The predicted octanol–water partition coefficient (Wildman–Crippen LogP) is 1.92. The summed E-state index contributed by atoms with van der Waals surface area (Å²) >= 11 is 0. The minimum Gasteiger partial charge on any atom is -0.351 e. The fourth-order valence-corrected chi connectivity index (χ4v) is 1.35. The van der Waals surface area contributed by atoms with Crippen LogP contribution in [0, 0.1) is 5.92 Å². The summed E-state index contributed by atoms with van der Waals surface area (Å²) in [5, 5.41) is 5.87. The number of rotatable bonds is 5. The Hall–Kier alpha value is -1.55. The Kier molecular flexibility index (Phi) is 4.79. The number of hydrogen-bond donors (Lipinski definition) is 3. The zero-order chi connectivity index (χ0) is 12.0. The lowest BCUT2D eigenvalue weighted by Gasteiger charge is -2.08. The first-order valence-electron chi connectivity index (χ1n) is 5.44. The third-order valence-electron chi connectivity index (χ3n) is 2.10. The number of amides is 2. The summed E-state index contributed by atoms with van der Waals surface area (Å²) in [7, 11) is 0. The van der Waals surface area contributed by atoms with E-state index in [1.165, 1.54) is 5.56 Å². The monoisotopic (exact) mass is 221 g/mol. The van der Waals surface area contributed by atoms with Crippen molar-refractivity contribution in [2.45, 2.75) is 20.4 Å². The number of primary amides is 1. The first kappa shape index (κ1) is 12.5. The minimum absolute atomic E-state index is 0.536. The summed E-state index contributed by atoms with van der Waals surface area (Å²) < 4.78 is 0. The average Bonchev–Trinajstić information content (AvgIpc) is 2.19. The molecule has 0 aromatic heterocycles. The zero-order valence-corrected chi connectivity index (χ0v) is 9.79. The maximum absolute atomic E-state index is 10.6. The van der Waals surface area contributed by atoms with Crippen LogP contribution in [0.1, 0.15) is 19.4 Å². The first-order valence-corrected chi connectivity index (χ1v) is 5.44. The molecule has 1 aromatic rings. The number of benzene rings is 1. The molecule has 0 spiro atoms. The number of hydrogen-bond acceptors (Lipinski definition) is 2. The molecule has 1 rings (SSSR count). The summed E-state index contributed by atoms with van der Waals surface area (Å²) in [5.74, 6) is 0.649. The fourth-order valence-electron chi connectivity index (χ4n) is 1.35. The molecule has 0 bridgehead atoms. The number of nitrogens with two attached hydrogens (primary N) is 1. The lowest BCUT2D eigenvalue weighted by atomic mass is 10.2. The van der Waals surface area contributed by atoms with Gasteiger partial charge in [-0.05, 0) is 30.2 Å². The molecule has 0 aliphatic heterocycles. The van der Waals surface area contributed by atoms with Crippen LogP contribution in [-0.4, -0.2) is 12.6 Å². The standard InChI is InChI=1S/C12H19N3O/c1-9(2)7-14-8-10-3-5-11(6-4-10)15-12(13)16/h3-6,9,14H,7-8H2,1-2H3,(H3,13,15,16). The molecule has 4 N–H and O–H groups in total. The maximum atomic E-state index is 10.6. The molecule has 0 heterocycles. The van der Waals surface area contributed by atoms with Gasteiger partial charge in [0.15, 0.2) is 0 Å². The molecule has 0 aliphatic rings. The van der Waals surface area contributed by atoms with E-state index in [-0.39, 0.29) is 0 Å². The Morgan fingerprint density at radius 3 is 2.44 bits per heavy atom. The number of carbonyl (C=O) groups is 1. The predicted molar refractivity (Wildman–Crippen MR) is 66.2 cm³/mol. The highest BCUT2D eigenvalue weighted by Crippen LogP contribution is 2.08. The van der Waals surface area contributed by atoms with Crippen molar-refractivity contribution in [2.75, 3.05) is 11.9 Å². The van der Waals surface area contributed by atoms with Gasteiger partial charge in [0.05, 0.1) is 0 Å². The summed E-state index contributed by atoms with van der Waals surface area (Å²) in [6, 6.07) is 7.09. The van der Waals surface area contributed by atoms with Crippen molar-refractivity contribution in [1.29, 1.82) is 0 Å². The summed E-state index contributed by atoms with van der Waals surface area (Å²) in [6.07, 6.45) is 0. The van der Waals surface area contributed by atoms with Crippen molar-refractivity contribution < 1.29 is 4.79 Å². The topological polar surface area (TPSA) is 67.2 Å². The van der Waals surface area contributed by atoms with E-state index in [4.69, 9.17) is 5.73 Å². The van der Waals surface area contributed by atoms with Crippen LogP contribution in [0.5, 0.6) is 0 Å². The molecule has 0 fully saturated rings. The summed E-state index contributed by atoms with van der Waals surface area (Å²) in [5.41, 5.74) is 6.93. The number of anilines is 1. The van der Waals surface area contributed by atoms with Gasteiger partial charge in [-0.3, -0.25) is 0 Å². The first-order chi connectivity index (χ1) is 7.58. The van der Waals surface area contributed by atoms with Crippen LogP contribution in [-0.2, 0) is 6.54 Å². The molecule has 2 amide bonds. The van der Waals surface area contributed by atoms with Crippen LogP contribution >= 0.6 is 0 Å². The number of nitrogens with one attached hydrogen (secondary N) is 2. The molecular weight excluding hydrogens is 202 g/mol. The summed E-state index contributed by atoms with van der Waals surface area (Å²) in [4.78, 5) is 10.6. The van der Waals surface area contributed by atoms with Crippen LogP contribution in [0.3, 0.4) is 0 Å². The van der Waals surface area contributed by atoms with Crippen LogP contribution in [0.15, 0.2) is 24.3 Å². The van der Waals surface area contributed by atoms with Crippen molar-refractivity contribution in [3.05, 3.63) is 29.8 Å². The lowest BCUT2D eigenvalue weighted by Crippen LogP contribution is -2.20. The highest BCUT2D eigenvalue weighted by Gasteiger charge is 1.97. The van der Waals surface area contributed by atoms with Crippen LogP contribution in [0.25, 0.3) is 0 Å². The molecule has 0 saturated heterocycles. The van der Waals surface area contributed by atoms with Crippen molar-refractivity contribution in [3.8, 4) is 0 Å². The van der Waals surface area contributed by atoms with Gasteiger partial charge in [-0.2, -0.15) is 0 Å². The Bertz CT molecular complexity index is 333. The largest absolute Gasteiger partial charge is 0.351 e. The quantitative estimate of drug-likeness (QED) is 0.711. The van der Waals surface area contributed by atoms with E-state index in [0.29, 0.717) is 5.92 Å². The average molecular weight is 221 g/mol. The Morgan fingerprint density at radius 2 is 1.94 bits per heavy atom. The highest BCUT2D eigenvalue weighted by atomic mass is 16.2.